The minimum Gasteiger partial charge on any atom is -0.396 e. The molecule has 4 nitrogen and oxygen atoms in total. The summed E-state index contributed by atoms with van der Waals surface area (Å²) in [6.45, 7) is 8.32. The summed E-state index contributed by atoms with van der Waals surface area (Å²) in [5, 5.41) is 4.03. The van der Waals surface area contributed by atoms with Gasteiger partial charge in [-0.2, -0.15) is 5.10 Å². The summed E-state index contributed by atoms with van der Waals surface area (Å²) in [7, 11) is -0.970. The summed E-state index contributed by atoms with van der Waals surface area (Å²) >= 11 is 0. The molecule has 5 heteroatoms. The van der Waals surface area contributed by atoms with Crippen molar-refractivity contribution in [2.24, 2.45) is 0 Å². The van der Waals surface area contributed by atoms with Crippen molar-refractivity contribution in [2.75, 3.05) is 12.3 Å². The third kappa shape index (κ3) is 4.43. The van der Waals surface area contributed by atoms with E-state index in [0.717, 1.165) is 6.61 Å². The van der Waals surface area contributed by atoms with Gasteiger partial charge < -0.3 is 10.5 Å². The Hall–Kier alpha value is -0.813. The first-order valence-corrected chi connectivity index (χ1v) is 8.54. The normalized spacial score (nSPS) is 11.9. The third-order valence-corrected chi connectivity index (χ3v) is 3.58. The van der Waals surface area contributed by atoms with Gasteiger partial charge in [-0.25, -0.2) is 4.68 Å². The average Bonchev–Trinajstić information content (AvgIpc) is 2.44. The van der Waals surface area contributed by atoms with E-state index in [0.29, 0.717) is 12.4 Å². The monoisotopic (exact) mass is 213 g/mol. The lowest BCUT2D eigenvalue weighted by molar-refractivity contribution is 0.0786. The van der Waals surface area contributed by atoms with Crippen molar-refractivity contribution in [1.29, 1.82) is 0 Å². The van der Waals surface area contributed by atoms with Gasteiger partial charge in [-0.3, -0.25) is 0 Å². The van der Waals surface area contributed by atoms with Crippen LogP contribution in [0.2, 0.25) is 25.7 Å². The maximum absolute atomic E-state index is 5.52. The summed E-state index contributed by atoms with van der Waals surface area (Å²) in [5.74, 6) is 0. The standard InChI is InChI=1S/C9H19N3OSi/c1-14(2,3)5-4-13-8-12-7-9(10)6-11-12/h6-7H,4-5,8,10H2,1-3H3. The van der Waals surface area contributed by atoms with Gasteiger partial charge in [0.2, 0.25) is 0 Å². The van der Waals surface area contributed by atoms with Crippen molar-refractivity contribution in [2.45, 2.75) is 32.4 Å². The lowest BCUT2D eigenvalue weighted by Gasteiger charge is -2.15. The molecule has 0 saturated carbocycles. The molecule has 1 aromatic heterocycles. The van der Waals surface area contributed by atoms with E-state index in [-0.39, 0.29) is 0 Å². The fourth-order valence-electron chi connectivity index (χ4n) is 0.987. The quantitative estimate of drug-likeness (QED) is 0.599. The van der Waals surface area contributed by atoms with E-state index in [1.807, 2.05) is 0 Å². The Morgan fingerprint density at radius 1 is 1.50 bits per heavy atom. The Bertz CT molecular complexity index is 280. The van der Waals surface area contributed by atoms with Crippen LogP contribution in [-0.2, 0) is 11.5 Å². The first-order chi connectivity index (χ1) is 6.47. The number of anilines is 1. The van der Waals surface area contributed by atoms with Gasteiger partial charge in [-0.05, 0) is 6.04 Å². The van der Waals surface area contributed by atoms with Gasteiger partial charge in [0.15, 0.2) is 0 Å². The number of hydrogen-bond acceptors (Lipinski definition) is 3. The van der Waals surface area contributed by atoms with Crippen molar-refractivity contribution in [3.8, 4) is 0 Å². The molecule has 0 spiro atoms. The molecule has 0 bridgehead atoms. The lowest BCUT2D eigenvalue weighted by atomic mass is 10.6. The number of nitrogens with zero attached hydrogens (tertiary/aromatic N) is 2. The van der Waals surface area contributed by atoms with Crippen LogP contribution in [0.15, 0.2) is 12.4 Å². The molecule has 0 radical (unpaired) electrons. The molecule has 0 atom stereocenters. The van der Waals surface area contributed by atoms with E-state index in [2.05, 4.69) is 24.7 Å². The second-order valence-electron chi connectivity index (χ2n) is 4.66. The third-order valence-electron chi connectivity index (χ3n) is 1.87. The summed E-state index contributed by atoms with van der Waals surface area (Å²) in [5.41, 5.74) is 6.20. The molecule has 0 saturated heterocycles. The van der Waals surface area contributed by atoms with Gasteiger partial charge >= 0.3 is 0 Å². The molecule has 0 fully saturated rings. The van der Waals surface area contributed by atoms with Crippen molar-refractivity contribution in [3.63, 3.8) is 0 Å². The molecule has 0 aliphatic carbocycles. The molecular formula is C9H19N3OSi. The number of ether oxygens (including phenoxy) is 1. The molecule has 14 heavy (non-hydrogen) atoms. The Kier molecular flexibility index (Phi) is 3.71. The van der Waals surface area contributed by atoms with Gasteiger partial charge in [0.1, 0.15) is 6.73 Å². The minimum atomic E-state index is -0.970. The highest BCUT2D eigenvalue weighted by molar-refractivity contribution is 6.76. The molecule has 80 valence electrons. The van der Waals surface area contributed by atoms with E-state index in [4.69, 9.17) is 10.5 Å². The van der Waals surface area contributed by atoms with E-state index >= 15 is 0 Å². The highest BCUT2D eigenvalue weighted by Gasteiger charge is 2.11. The van der Waals surface area contributed by atoms with Crippen LogP contribution < -0.4 is 5.73 Å². The second-order valence-corrected chi connectivity index (χ2v) is 10.3. The van der Waals surface area contributed by atoms with Crippen molar-refractivity contribution < 1.29 is 4.74 Å². The average molecular weight is 213 g/mol. The molecular weight excluding hydrogens is 194 g/mol. The highest BCUT2D eigenvalue weighted by atomic mass is 28.3. The molecule has 2 N–H and O–H groups in total. The molecule has 0 aliphatic heterocycles. The highest BCUT2D eigenvalue weighted by Crippen LogP contribution is 2.07. The Morgan fingerprint density at radius 2 is 2.21 bits per heavy atom. The number of aromatic nitrogens is 2. The van der Waals surface area contributed by atoms with Crippen LogP contribution in [0.3, 0.4) is 0 Å². The van der Waals surface area contributed by atoms with Crippen molar-refractivity contribution in [1.82, 2.24) is 9.78 Å². The molecule has 1 heterocycles. The van der Waals surface area contributed by atoms with Crippen LogP contribution in [0.4, 0.5) is 5.69 Å². The Morgan fingerprint density at radius 3 is 2.71 bits per heavy atom. The van der Waals surface area contributed by atoms with Crippen LogP contribution in [0.1, 0.15) is 0 Å². The number of hydrogen-bond donors (Lipinski definition) is 1. The van der Waals surface area contributed by atoms with E-state index in [1.165, 1.54) is 6.04 Å². The maximum atomic E-state index is 5.52. The van der Waals surface area contributed by atoms with Crippen molar-refractivity contribution >= 4 is 13.8 Å². The summed E-state index contributed by atoms with van der Waals surface area (Å²) < 4.78 is 7.20. The zero-order chi connectivity index (χ0) is 10.6. The summed E-state index contributed by atoms with van der Waals surface area (Å²) in [6, 6.07) is 1.18. The zero-order valence-electron chi connectivity index (χ0n) is 9.16. The van der Waals surface area contributed by atoms with Crippen LogP contribution in [0.5, 0.6) is 0 Å². The van der Waals surface area contributed by atoms with Gasteiger partial charge in [0.05, 0.1) is 18.1 Å². The molecule has 0 aromatic carbocycles. The van der Waals surface area contributed by atoms with E-state index in [9.17, 15) is 0 Å². The summed E-state index contributed by atoms with van der Waals surface area (Å²) in [6.07, 6.45) is 3.40. The van der Waals surface area contributed by atoms with E-state index < -0.39 is 8.07 Å². The second kappa shape index (κ2) is 4.61. The number of nitrogens with two attached hydrogens (primary N) is 1. The molecule has 0 unspecified atom stereocenters. The van der Waals surface area contributed by atoms with Gasteiger partial charge in [-0.1, -0.05) is 19.6 Å². The molecule has 0 aliphatic rings. The molecule has 1 aromatic rings. The smallest absolute Gasteiger partial charge is 0.139 e. The van der Waals surface area contributed by atoms with Crippen LogP contribution in [0, 0.1) is 0 Å². The van der Waals surface area contributed by atoms with E-state index in [1.54, 1.807) is 17.1 Å². The van der Waals surface area contributed by atoms with Gasteiger partial charge in [-0.15, -0.1) is 0 Å². The van der Waals surface area contributed by atoms with Gasteiger partial charge in [0, 0.05) is 14.7 Å². The van der Waals surface area contributed by atoms with Crippen LogP contribution in [0.25, 0.3) is 0 Å². The topological polar surface area (TPSA) is 53.1 Å². The number of rotatable bonds is 5. The zero-order valence-corrected chi connectivity index (χ0v) is 10.2. The molecule has 0 amide bonds. The first-order valence-electron chi connectivity index (χ1n) is 4.83. The fraction of sp³-hybridized carbons (Fsp3) is 0.667. The lowest BCUT2D eigenvalue weighted by Crippen LogP contribution is -2.22. The van der Waals surface area contributed by atoms with Crippen LogP contribution in [-0.4, -0.2) is 24.5 Å². The number of nitrogen functional groups attached to an aromatic ring is 1. The maximum Gasteiger partial charge on any atom is 0.139 e. The SMILES string of the molecule is C[Si](C)(C)CCOCn1cc(N)cn1. The Labute approximate surface area is 86.1 Å². The van der Waals surface area contributed by atoms with Gasteiger partial charge in [0.25, 0.3) is 0 Å². The largest absolute Gasteiger partial charge is 0.396 e. The predicted molar refractivity (Wildman–Crippen MR) is 60.7 cm³/mol. The first kappa shape index (κ1) is 11.3. The van der Waals surface area contributed by atoms with Crippen LogP contribution >= 0.6 is 0 Å². The fourth-order valence-corrected chi connectivity index (χ4v) is 1.74. The minimum absolute atomic E-state index is 0.502. The molecule has 1 rings (SSSR count). The summed E-state index contributed by atoms with van der Waals surface area (Å²) in [4.78, 5) is 0. The predicted octanol–water partition coefficient (Wildman–Crippen LogP) is 1.78. The Balaban J connectivity index is 2.16. The van der Waals surface area contributed by atoms with Crippen molar-refractivity contribution in [3.05, 3.63) is 12.4 Å².